The fourth-order valence-electron chi connectivity index (χ4n) is 3.16. The topological polar surface area (TPSA) is 61.5 Å². The molecule has 1 aromatic carbocycles. The van der Waals surface area contributed by atoms with Gasteiger partial charge in [-0.15, -0.1) is 0 Å². The number of fused-ring (bicyclic) bond motifs is 1. The zero-order valence-corrected chi connectivity index (χ0v) is 14.7. The number of esters is 1. The van der Waals surface area contributed by atoms with E-state index in [1.54, 1.807) is 0 Å². The molecule has 1 saturated heterocycles. The molecule has 1 atom stereocenters. The maximum absolute atomic E-state index is 12.1. The van der Waals surface area contributed by atoms with Gasteiger partial charge < -0.3 is 19.5 Å². The number of rotatable bonds is 5. The molecule has 2 heterocycles. The second kappa shape index (κ2) is 7.21. The van der Waals surface area contributed by atoms with Gasteiger partial charge in [0, 0.05) is 31.9 Å². The van der Waals surface area contributed by atoms with E-state index >= 15 is 0 Å². The summed E-state index contributed by atoms with van der Waals surface area (Å²) in [7, 11) is 2.15. The third kappa shape index (κ3) is 3.38. The summed E-state index contributed by atoms with van der Waals surface area (Å²) >= 11 is 0. The van der Waals surface area contributed by atoms with Crippen molar-refractivity contribution in [1.82, 2.24) is 14.9 Å². The number of hydrogen-bond donors (Lipinski definition) is 1. The number of nitrogens with one attached hydrogen (secondary N) is 1. The van der Waals surface area contributed by atoms with Crippen LogP contribution in [0.1, 0.15) is 32.0 Å². The van der Waals surface area contributed by atoms with Gasteiger partial charge in [0.15, 0.2) is 0 Å². The van der Waals surface area contributed by atoms with Crippen molar-refractivity contribution in [2.24, 2.45) is 0 Å². The predicted octanol–water partition coefficient (Wildman–Crippen LogP) is 2.37. The van der Waals surface area contributed by atoms with Crippen molar-refractivity contribution in [2.75, 3.05) is 44.7 Å². The first-order valence-electron chi connectivity index (χ1n) is 8.72. The fraction of sp³-hybridized carbons (Fsp3) is 0.556. The zero-order valence-electron chi connectivity index (χ0n) is 14.7. The van der Waals surface area contributed by atoms with E-state index < -0.39 is 0 Å². The van der Waals surface area contributed by atoms with Crippen molar-refractivity contribution in [2.45, 2.75) is 26.2 Å². The number of aromatic amines is 1. The van der Waals surface area contributed by atoms with Gasteiger partial charge in [-0.05, 0) is 38.6 Å². The first-order valence-corrected chi connectivity index (χ1v) is 8.72. The highest BCUT2D eigenvalue weighted by Crippen LogP contribution is 2.25. The largest absolute Gasteiger partial charge is 0.465 e. The van der Waals surface area contributed by atoms with Gasteiger partial charge in [0.05, 0.1) is 17.6 Å². The lowest BCUT2D eigenvalue weighted by Crippen LogP contribution is -2.44. The van der Waals surface area contributed by atoms with Gasteiger partial charge in [0.2, 0.25) is 0 Å². The Morgan fingerprint density at radius 3 is 2.71 bits per heavy atom. The summed E-state index contributed by atoms with van der Waals surface area (Å²) in [5, 5.41) is 0. The Morgan fingerprint density at radius 1 is 1.29 bits per heavy atom. The molecule has 1 aliphatic rings. The van der Waals surface area contributed by atoms with E-state index in [1.807, 2.05) is 19.9 Å². The van der Waals surface area contributed by atoms with Gasteiger partial charge in [-0.2, -0.15) is 0 Å². The standard InChI is InChI=1S/C18H26N4O2/c1-4-14(18(23)24-5-2)17-19-15-7-6-13(12-16(15)20-17)22-10-8-21(3)9-11-22/h6-7,12,14H,4-5,8-11H2,1-3H3,(H,19,20). The highest BCUT2D eigenvalue weighted by atomic mass is 16.5. The van der Waals surface area contributed by atoms with Crippen molar-refractivity contribution in [3.63, 3.8) is 0 Å². The molecule has 6 nitrogen and oxygen atoms in total. The van der Waals surface area contributed by atoms with Crippen LogP contribution in [-0.2, 0) is 9.53 Å². The van der Waals surface area contributed by atoms with Crippen LogP contribution in [0.15, 0.2) is 18.2 Å². The average molecular weight is 330 g/mol. The number of likely N-dealkylation sites (N-methyl/N-ethyl adjacent to an activating group) is 1. The lowest BCUT2D eigenvalue weighted by molar-refractivity contribution is -0.145. The normalized spacial score (nSPS) is 17.2. The molecule has 6 heteroatoms. The highest BCUT2D eigenvalue weighted by Gasteiger charge is 2.24. The van der Waals surface area contributed by atoms with E-state index in [1.165, 1.54) is 5.69 Å². The Kier molecular flexibility index (Phi) is 5.04. The van der Waals surface area contributed by atoms with Crippen molar-refractivity contribution in [1.29, 1.82) is 0 Å². The van der Waals surface area contributed by atoms with E-state index in [2.05, 4.69) is 38.9 Å². The lowest BCUT2D eigenvalue weighted by atomic mass is 10.1. The van der Waals surface area contributed by atoms with Crippen LogP contribution < -0.4 is 4.90 Å². The number of ether oxygens (including phenoxy) is 1. The van der Waals surface area contributed by atoms with Crippen LogP contribution in [0.3, 0.4) is 0 Å². The second-order valence-corrected chi connectivity index (χ2v) is 6.33. The molecule has 1 fully saturated rings. The highest BCUT2D eigenvalue weighted by molar-refractivity contribution is 5.82. The van der Waals surface area contributed by atoms with Gasteiger partial charge >= 0.3 is 5.97 Å². The lowest BCUT2D eigenvalue weighted by Gasteiger charge is -2.34. The van der Waals surface area contributed by atoms with Crippen LogP contribution in [-0.4, -0.2) is 60.7 Å². The number of imidazole rings is 1. The van der Waals surface area contributed by atoms with Crippen molar-refractivity contribution < 1.29 is 9.53 Å². The number of carbonyl (C=O) groups is 1. The van der Waals surface area contributed by atoms with E-state index in [0.29, 0.717) is 18.9 Å². The molecule has 24 heavy (non-hydrogen) atoms. The molecule has 1 aliphatic heterocycles. The Hall–Kier alpha value is -2.08. The number of carbonyl (C=O) groups excluding carboxylic acids is 1. The third-order valence-corrected chi connectivity index (χ3v) is 4.66. The Bertz CT molecular complexity index is 704. The first-order chi connectivity index (χ1) is 11.6. The molecule has 1 aromatic heterocycles. The molecule has 0 bridgehead atoms. The maximum Gasteiger partial charge on any atom is 0.316 e. The predicted molar refractivity (Wildman–Crippen MR) is 95.5 cm³/mol. The Morgan fingerprint density at radius 2 is 2.04 bits per heavy atom. The van der Waals surface area contributed by atoms with Crippen LogP contribution in [0.5, 0.6) is 0 Å². The van der Waals surface area contributed by atoms with Gasteiger partial charge in [0.25, 0.3) is 0 Å². The van der Waals surface area contributed by atoms with Crippen molar-refractivity contribution >= 4 is 22.7 Å². The molecule has 0 radical (unpaired) electrons. The van der Waals surface area contributed by atoms with Gasteiger partial charge in [-0.25, -0.2) is 4.98 Å². The minimum Gasteiger partial charge on any atom is -0.465 e. The van der Waals surface area contributed by atoms with Crippen LogP contribution in [0.2, 0.25) is 0 Å². The molecular weight excluding hydrogens is 304 g/mol. The second-order valence-electron chi connectivity index (χ2n) is 6.33. The Balaban J connectivity index is 1.84. The van der Waals surface area contributed by atoms with Crippen LogP contribution in [0, 0.1) is 0 Å². The molecule has 1 unspecified atom stereocenters. The quantitative estimate of drug-likeness (QED) is 0.853. The molecule has 0 amide bonds. The first kappa shape index (κ1) is 16.8. The van der Waals surface area contributed by atoms with Crippen LogP contribution in [0.4, 0.5) is 5.69 Å². The van der Waals surface area contributed by atoms with E-state index in [0.717, 1.165) is 37.2 Å². The zero-order chi connectivity index (χ0) is 17.1. The third-order valence-electron chi connectivity index (χ3n) is 4.66. The average Bonchev–Trinajstić information content (AvgIpc) is 2.99. The summed E-state index contributed by atoms with van der Waals surface area (Å²) in [6.07, 6.45) is 0.671. The monoisotopic (exact) mass is 330 g/mol. The summed E-state index contributed by atoms with van der Waals surface area (Å²) in [5.41, 5.74) is 3.07. The molecule has 0 spiro atoms. The number of benzene rings is 1. The molecule has 1 N–H and O–H groups in total. The number of aromatic nitrogens is 2. The Labute approximate surface area is 142 Å². The molecule has 0 aliphatic carbocycles. The number of hydrogen-bond acceptors (Lipinski definition) is 5. The minimum atomic E-state index is -0.329. The number of piperazine rings is 1. The van der Waals surface area contributed by atoms with E-state index in [9.17, 15) is 4.79 Å². The molecule has 3 rings (SSSR count). The van der Waals surface area contributed by atoms with Gasteiger partial charge in [-0.3, -0.25) is 4.79 Å². The van der Waals surface area contributed by atoms with Gasteiger partial charge in [-0.1, -0.05) is 6.92 Å². The van der Waals surface area contributed by atoms with E-state index in [4.69, 9.17) is 4.74 Å². The van der Waals surface area contributed by atoms with E-state index in [-0.39, 0.29) is 11.9 Å². The SMILES string of the molecule is CCOC(=O)C(CC)c1nc2ccc(N3CCN(C)CC3)cc2[nH]1. The smallest absolute Gasteiger partial charge is 0.316 e. The molecule has 130 valence electrons. The molecule has 0 saturated carbocycles. The van der Waals surface area contributed by atoms with Gasteiger partial charge in [0.1, 0.15) is 11.7 Å². The summed E-state index contributed by atoms with van der Waals surface area (Å²) in [5.74, 6) is 0.157. The summed E-state index contributed by atoms with van der Waals surface area (Å²) in [6.45, 7) is 8.41. The van der Waals surface area contributed by atoms with Crippen molar-refractivity contribution in [3.05, 3.63) is 24.0 Å². The fourth-order valence-corrected chi connectivity index (χ4v) is 3.16. The molecule has 2 aromatic rings. The summed E-state index contributed by atoms with van der Waals surface area (Å²) in [6, 6.07) is 6.28. The number of H-pyrrole nitrogens is 1. The van der Waals surface area contributed by atoms with Crippen LogP contribution in [0.25, 0.3) is 11.0 Å². The minimum absolute atomic E-state index is 0.210. The summed E-state index contributed by atoms with van der Waals surface area (Å²) < 4.78 is 5.16. The van der Waals surface area contributed by atoms with Crippen molar-refractivity contribution in [3.8, 4) is 0 Å². The molecular formula is C18H26N4O2. The number of anilines is 1. The van der Waals surface area contributed by atoms with Crippen LogP contribution >= 0.6 is 0 Å². The number of nitrogens with zero attached hydrogens (tertiary/aromatic N) is 3. The maximum atomic E-state index is 12.1. The summed E-state index contributed by atoms with van der Waals surface area (Å²) in [4.78, 5) is 24.8.